The molecule has 0 radical (unpaired) electrons. The molecular weight excluding hydrogens is 254 g/mol. The van der Waals surface area contributed by atoms with Gasteiger partial charge in [0.25, 0.3) is 0 Å². The molecule has 0 bridgehead atoms. The van der Waals surface area contributed by atoms with E-state index < -0.39 is 0 Å². The van der Waals surface area contributed by atoms with Crippen LogP contribution in [-0.4, -0.2) is 37.2 Å². The topological polar surface area (TPSA) is 48.3 Å². The second kappa shape index (κ2) is 7.07. The van der Waals surface area contributed by atoms with Crippen LogP contribution in [0.2, 0.25) is 0 Å². The molecule has 1 aromatic carbocycles. The molecule has 0 aliphatic heterocycles. The van der Waals surface area contributed by atoms with Crippen LogP contribution in [-0.2, 0) is 11.3 Å². The molecule has 1 N–H and O–H groups in total. The summed E-state index contributed by atoms with van der Waals surface area (Å²) in [6.45, 7) is 4.38. The van der Waals surface area contributed by atoms with Crippen LogP contribution in [0, 0.1) is 6.92 Å². The predicted molar refractivity (Wildman–Crippen MR) is 78.4 cm³/mol. The molecule has 0 fully saturated rings. The van der Waals surface area contributed by atoms with Gasteiger partial charge in [-0.05, 0) is 19.1 Å². The molecule has 20 heavy (non-hydrogen) atoms. The molecule has 1 aromatic heterocycles. The van der Waals surface area contributed by atoms with Gasteiger partial charge in [-0.25, -0.2) is 4.68 Å². The maximum Gasteiger partial charge on any atom is 0.144 e. The zero-order chi connectivity index (χ0) is 14.4. The SMILES string of the molecule is COCCNCc1cnn(-c2ccccc2OC)c1C. The molecule has 1 heterocycles. The lowest BCUT2D eigenvalue weighted by atomic mass is 10.2. The molecule has 0 saturated heterocycles. The summed E-state index contributed by atoms with van der Waals surface area (Å²) in [6, 6.07) is 7.87. The van der Waals surface area contributed by atoms with Gasteiger partial charge in [0.05, 0.1) is 19.9 Å². The minimum Gasteiger partial charge on any atom is -0.494 e. The number of aromatic nitrogens is 2. The molecule has 0 amide bonds. The average Bonchev–Trinajstić information content (AvgIpc) is 2.85. The number of nitrogens with zero attached hydrogens (tertiary/aromatic N) is 2. The summed E-state index contributed by atoms with van der Waals surface area (Å²) in [7, 11) is 3.37. The van der Waals surface area contributed by atoms with Crippen molar-refractivity contribution in [3.05, 3.63) is 41.7 Å². The highest BCUT2D eigenvalue weighted by Crippen LogP contribution is 2.23. The monoisotopic (exact) mass is 275 g/mol. The van der Waals surface area contributed by atoms with E-state index in [4.69, 9.17) is 9.47 Å². The van der Waals surface area contributed by atoms with Crippen molar-refractivity contribution in [2.75, 3.05) is 27.4 Å². The molecule has 108 valence electrons. The summed E-state index contributed by atoms with van der Waals surface area (Å²) in [6.07, 6.45) is 1.89. The number of hydrogen-bond acceptors (Lipinski definition) is 4. The molecule has 0 saturated carbocycles. The second-order valence-corrected chi connectivity index (χ2v) is 4.51. The van der Waals surface area contributed by atoms with Crippen LogP contribution in [0.15, 0.2) is 30.5 Å². The van der Waals surface area contributed by atoms with Gasteiger partial charge in [-0.2, -0.15) is 5.10 Å². The van der Waals surface area contributed by atoms with Crippen molar-refractivity contribution < 1.29 is 9.47 Å². The van der Waals surface area contributed by atoms with Crippen molar-refractivity contribution >= 4 is 0 Å². The van der Waals surface area contributed by atoms with Gasteiger partial charge in [0.15, 0.2) is 0 Å². The molecule has 2 aromatic rings. The van der Waals surface area contributed by atoms with Gasteiger partial charge in [-0.3, -0.25) is 0 Å². The zero-order valence-corrected chi connectivity index (χ0v) is 12.2. The van der Waals surface area contributed by atoms with E-state index >= 15 is 0 Å². The van der Waals surface area contributed by atoms with Crippen LogP contribution in [0.1, 0.15) is 11.3 Å². The second-order valence-electron chi connectivity index (χ2n) is 4.51. The van der Waals surface area contributed by atoms with Crippen LogP contribution in [0.3, 0.4) is 0 Å². The number of rotatable bonds is 7. The summed E-state index contributed by atoms with van der Waals surface area (Å²) >= 11 is 0. The van der Waals surface area contributed by atoms with Gasteiger partial charge < -0.3 is 14.8 Å². The van der Waals surface area contributed by atoms with E-state index in [9.17, 15) is 0 Å². The van der Waals surface area contributed by atoms with Gasteiger partial charge in [0, 0.05) is 31.5 Å². The fraction of sp³-hybridized carbons (Fsp3) is 0.400. The zero-order valence-electron chi connectivity index (χ0n) is 12.2. The molecule has 0 aliphatic carbocycles. The maximum atomic E-state index is 5.38. The highest BCUT2D eigenvalue weighted by Gasteiger charge is 2.11. The molecule has 0 spiro atoms. The molecular formula is C15H21N3O2. The molecule has 5 nitrogen and oxygen atoms in total. The average molecular weight is 275 g/mol. The lowest BCUT2D eigenvalue weighted by Crippen LogP contribution is -2.18. The standard InChI is InChI=1S/C15H21N3O2/c1-12-13(10-16-8-9-19-2)11-17-18(12)14-6-4-5-7-15(14)20-3/h4-7,11,16H,8-10H2,1-3H3. The summed E-state index contributed by atoms with van der Waals surface area (Å²) in [4.78, 5) is 0. The van der Waals surface area contributed by atoms with Crippen LogP contribution >= 0.6 is 0 Å². The number of para-hydroxylation sites is 2. The van der Waals surface area contributed by atoms with Crippen molar-refractivity contribution in [3.63, 3.8) is 0 Å². The van der Waals surface area contributed by atoms with Crippen molar-refractivity contribution in [1.29, 1.82) is 0 Å². The van der Waals surface area contributed by atoms with E-state index in [2.05, 4.69) is 17.3 Å². The van der Waals surface area contributed by atoms with E-state index in [-0.39, 0.29) is 0 Å². The highest BCUT2D eigenvalue weighted by molar-refractivity contribution is 5.47. The van der Waals surface area contributed by atoms with Gasteiger partial charge in [0.2, 0.25) is 0 Å². The van der Waals surface area contributed by atoms with E-state index in [1.54, 1.807) is 14.2 Å². The molecule has 2 rings (SSSR count). The Labute approximate surface area is 119 Å². The smallest absolute Gasteiger partial charge is 0.144 e. The first-order chi connectivity index (χ1) is 9.77. The van der Waals surface area contributed by atoms with Crippen LogP contribution < -0.4 is 10.1 Å². The number of benzene rings is 1. The fourth-order valence-corrected chi connectivity index (χ4v) is 2.06. The lowest BCUT2D eigenvalue weighted by molar-refractivity contribution is 0.199. The van der Waals surface area contributed by atoms with Crippen LogP contribution in [0.4, 0.5) is 0 Å². The minimum atomic E-state index is 0.708. The Bertz CT molecular complexity index is 552. The van der Waals surface area contributed by atoms with Crippen molar-refractivity contribution in [2.24, 2.45) is 0 Å². The summed E-state index contributed by atoms with van der Waals surface area (Å²) < 4.78 is 12.3. The van der Waals surface area contributed by atoms with E-state index in [1.807, 2.05) is 35.1 Å². The number of nitrogens with one attached hydrogen (secondary N) is 1. The summed E-state index contributed by atoms with van der Waals surface area (Å²) in [5.41, 5.74) is 3.24. The normalized spacial score (nSPS) is 10.8. The first kappa shape index (κ1) is 14.6. The Morgan fingerprint density at radius 2 is 2.05 bits per heavy atom. The largest absolute Gasteiger partial charge is 0.494 e. The Morgan fingerprint density at radius 3 is 2.80 bits per heavy atom. The molecule has 0 unspecified atom stereocenters. The third kappa shape index (κ3) is 3.18. The fourth-order valence-electron chi connectivity index (χ4n) is 2.06. The Kier molecular flexibility index (Phi) is 5.15. The summed E-state index contributed by atoms with van der Waals surface area (Å²) in [5, 5.41) is 7.79. The first-order valence-electron chi connectivity index (χ1n) is 6.64. The van der Waals surface area contributed by atoms with E-state index in [0.717, 1.165) is 30.2 Å². The number of ether oxygens (including phenoxy) is 2. The van der Waals surface area contributed by atoms with Gasteiger partial charge in [-0.15, -0.1) is 0 Å². The van der Waals surface area contributed by atoms with E-state index in [1.165, 1.54) is 5.56 Å². The van der Waals surface area contributed by atoms with Gasteiger partial charge in [-0.1, -0.05) is 12.1 Å². The number of methoxy groups -OCH3 is 2. The molecule has 0 aliphatic rings. The lowest BCUT2D eigenvalue weighted by Gasteiger charge is -2.10. The Balaban J connectivity index is 2.16. The Morgan fingerprint density at radius 1 is 1.25 bits per heavy atom. The van der Waals surface area contributed by atoms with Crippen LogP contribution in [0.5, 0.6) is 5.75 Å². The van der Waals surface area contributed by atoms with Crippen molar-refractivity contribution in [3.8, 4) is 11.4 Å². The summed E-state index contributed by atoms with van der Waals surface area (Å²) in [5.74, 6) is 0.817. The van der Waals surface area contributed by atoms with Crippen LogP contribution in [0.25, 0.3) is 5.69 Å². The minimum absolute atomic E-state index is 0.708. The highest BCUT2D eigenvalue weighted by atomic mass is 16.5. The third-order valence-corrected chi connectivity index (χ3v) is 3.22. The quantitative estimate of drug-likeness (QED) is 0.784. The maximum absolute atomic E-state index is 5.38. The number of hydrogen-bond donors (Lipinski definition) is 1. The molecule has 5 heteroatoms. The van der Waals surface area contributed by atoms with Gasteiger partial charge >= 0.3 is 0 Å². The first-order valence-corrected chi connectivity index (χ1v) is 6.64. The predicted octanol–water partition coefficient (Wildman–Crippen LogP) is 1.93. The van der Waals surface area contributed by atoms with Crippen molar-refractivity contribution in [2.45, 2.75) is 13.5 Å². The third-order valence-electron chi connectivity index (χ3n) is 3.22. The molecule has 0 atom stereocenters. The van der Waals surface area contributed by atoms with Gasteiger partial charge in [0.1, 0.15) is 11.4 Å². The Hall–Kier alpha value is -1.85. The van der Waals surface area contributed by atoms with Crippen molar-refractivity contribution in [1.82, 2.24) is 15.1 Å². The van der Waals surface area contributed by atoms with E-state index in [0.29, 0.717) is 6.61 Å².